The van der Waals surface area contributed by atoms with Gasteiger partial charge < -0.3 is 0 Å². The first-order valence-electron chi connectivity index (χ1n) is 11.9. The molecular formula is C29H26ClN2+. The minimum absolute atomic E-state index is 0.594. The molecule has 0 radical (unpaired) electrons. The maximum atomic E-state index is 7.02. The van der Waals surface area contributed by atoms with Crippen molar-refractivity contribution in [2.75, 3.05) is 0 Å². The Kier molecular flexibility index (Phi) is 3.99. The number of halogens is 1. The summed E-state index contributed by atoms with van der Waals surface area (Å²) in [5, 5.41) is 4.95. The van der Waals surface area contributed by atoms with Crippen LogP contribution in [0.1, 0.15) is 54.8 Å². The van der Waals surface area contributed by atoms with Crippen molar-refractivity contribution in [2.24, 2.45) is 7.05 Å². The monoisotopic (exact) mass is 437 g/mol. The third kappa shape index (κ3) is 2.39. The predicted molar refractivity (Wildman–Crippen MR) is 133 cm³/mol. The molecule has 0 bridgehead atoms. The molecule has 0 unspecified atom stereocenters. The van der Waals surface area contributed by atoms with E-state index in [1.807, 2.05) is 0 Å². The predicted octanol–water partition coefficient (Wildman–Crippen LogP) is 7.34. The topological polar surface area (TPSA) is 9.03 Å². The Hall–Kier alpha value is -2.84. The molecular weight excluding hydrogens is 412 g/mol. The molecule has 5 aromatic rings. The molecule has 0 N–H and O–H groups in total. The lowest BCUT2D eigenvalue weighted by Gasteiger charge is -2.24. The molecule has 3 aromatic carbocycles. The van der Waals surface area contributed by atoms with Crippen LogP contribution >= 0.6 is 11.6 Å². The second kappa shape index (κ2) is 6.83. The van der Waals surface area contributed by atoms with Crippen LogP contribution in [0.4, 0.5) is 0 Å². The summed E-state index contributed by atoms with van der Waals surface area (Å²) in [6.45, 7) is 0. The zero-order valence-corrected chi connectivity index (χ0v) is 19.1. The molecule has 2 heterocycles. The molecule has 2 aromatic heterocycles. The van der Waals surface area contributed by atoms with Crippen LogP contribution in [0.25, 0.3) is 38.6 Å². The van der Waals surface area contributed by atoms with Gasteiger partial charge in [-0.3, -0.25) is 0 Å². The van der Waals surface area contributed by atoms with Gasteiger partial charge in [0, 0.05) is 17.2 Å². The standard InChI is InChI=1S/C29H26ClN2/c1-31-25-17-19-11-7-14-22-21-12-5-6-16-24(21)32(28(25)26(19)22)29(31)27-20(13-8-15-23(27)30)18-9-3-2-4-10-18/h5-8,11-16,18H,2-4,9-10,17H2,1H3/q+1. The van der Waals surface area contributed by atoms with E-state index in [0.717, 1.165) is 11.4 Å². The Balaban J connectivity index is 1.66. The normalized spacial score (nSPS) is 16.2. The number of imidazole rings is 1. The van der Waals surface area contributed by atoms with Crippen molar-refractivity contribution in [3.8, 4) is 11.4 Å². The van der Waals surface area contributed by atoms with E-state index < -0.39 is 0 Å². The maximum Gasteiger partial charge on any atom is 0.296 e. The van der Waals surface area contributed by atoms with Crippen molar-refractivity contribution < 1.29 is 4.40 Å². The van der Waals surface area contributed by atoms with Crippen molar-refractivity contribution in [1.82, 2.24) is 4.57 Å². The van der Waals surface area contributed by atoms with Crippen molar-refractivity contribution in [2.45, 2.75) is 44.4 Å². The van der Waals surface area contributed by atoms with E-state index >= 15 is 0 Å². The maximum absolute atomic E-state index is 7.02. The average Bonchev–Trinajstić information content (AvgIpc) is 3.35. The van der Waals surface area contributed by atoms with Crippen molar-refractivity contribution in [3.63, 3.8) is 0 Å². The summed E-state index contributed by atoms with van der Waals surface area (Å²) in [5.41, 5.74) is 8.11. The van der Waals surface area contributed by atoms with Crippen LogP contribution in [-0.2, 0) is 13.5 Å². The fraction of sp³-hybridized carbons (Fsp3) is 0.276. The number of hydrogen-bond acceptors (Lipinski definition) is 0. The smallest absolute Gasteiger partial charge is 0.228 e. The van der Waals surface area contributed by atoms with Gasteiger partial charge in [-0.2, -0.15) is 4.40 Å². The van der Waals surface area contributed by atoms with Crippen molar-refractivity contribution >= 4 is 38.8 Å². The van der Waals surface area contributed by atoms with E-state index in [1.54, 1.807) is 0 Å². The Morgan fingerprint density at radius 3 is 2.53 bits per heavy atom. The number of rotatable bonds is 2. The highest BCUT2D eigenvalue weighted by Gasteiger charge is 2.36. The molecule has 2 aliphatic rings. The summed E-state index contributed by atoms with van der Waals surface area (Å²) in [5.74, 6) is 1.82. The minimum atomic E-state index is 0.594. The largest absolute Gasteiger partial charge is 0.296 e. The third-order valence-electron chi connectivity index (χ3n) is 7.93. The quantitative estimate of drug-likeness (QED) is 0.198. The lowest BCUT2D eigenvalue weighted by atomic mass is 9.82. The molecule has 1 saturated carbocycles. The van der Waals surface area contributed by atoms with Gasteiger partial charge in [0.25, 0.3) is 5.82 Å². The first-order valence-corrected chi connectivity index (χ1v) is 12.3. The summed E-state index contributed by atoms with van der Waals surface area (Å²) >= 11 is 7.02. The molecule has 0 aliphatic heterocycles. The van der Waals surface area contributed by atoms with E-state index in [1.165, 1.54) is 87.5 Å². The van der Waals surface area contributed by atoms with Crippen molar-refractivity contribution in [1.29, 1.82) is 0 Å². The number of para-hydroxylation sites is 1. The fourth-order valence-electron chi connectivity index (χ4n) is 6.50. The number of pyridine rings is 1. The molecule has 0 amide bonds. The lowest BCUT2D eigenvalue weighted by Crippen LogP contribution is -2.26. The van der Waals surface area contributed by atoms with Gasteiger partial charge in [0.15, 0.2) is 11.2 Å². The Labute approximate surface area is 193 Å². The second-order valence-electron chi connectivity index (χ2n) is 9.59. The third-order valence-corrected chi connectivity index (χ3v) is 8.24. The zero-order valence-electron chi connectivity index (χ0n) is 18.4. The minimum Gasteiger partial charge on any atom is -0.228 e. The van der Waals surface area contributed by atoms with E-state index in [-0.39, 0.29) is 0 Å². The molecule has 2 nitrogen and oxygen atoms in total. The highest BCUT2D eigenvalue weighted by atomic mass is 35.5. The van der Waals surface area contributed by atoms with Crippen LogP contribution in [0.2, 0.25) is 5.02 Å². The van der Waals surface area contributed by atoms with Gasteiger partial charge in [-0.1, -0.05) is 79.4 Å². The van der Waals surface area contributed by atoms with Crippen molar-refractivity contribution in [3.05, 3.63) is 82.5 Å². The zero-order chi connectivity index (χ0) is 21.4. The van der Waals surface area contributed by atoms with Gasteiger partial charge in [0.2, 0.25) is 0 Å². The van der Waals surface area contributed by atoms with Gasteiger partial charge in [-0.05, 0) is 47.4 Å². The molecule has 0 atom stereocenters. The van der Waals surface area contributed by atoms with Gasteiger partial charge in [-0.15, -0.1) is 0 Å². The Morgan fingerprint density at radius 2 is 1.66 bits per heavy atom. The van der Waals surface area contributed by atoms with Gasteiger partial charge in [0.05, 0.1) is 17.6 Å². The van der Waals surface area contributed by atoms with Gasteiger partial charge >= 0.3 is 0 Å². The van der Waals surface area contributed by atoms with Gasteiger partial charge in [0.1, 0.15) is 5.52 Å². The Bertz CT molecular complexity index is 1550. The molecule has 2 aliphatic carbocycles. The molecule has 1 fully saturated rings. The SMILES string of the molecule is Cn1c2c3c4c(cccc4c4ccccc4[n+]3c1-c1c(Cl)cccc1C1CCCCC1)C2. The summed E-state index contributed by atoms with van der Waals surface area (Å²) in [4.78, 5) is 0. The average molecular weight is 438 g/mol. The number of hydrogen-bond donors (Lipinski definition) is 0. The van der Waals surface area contributed by atoms with E-state index in [9.17, 15) is 0 Å². The molecule has 32 heavy (non-hydrogen) atoms. The molecule has 0 saturated heterocycles. The van der Waals surface area contributed by atoms with E-state index in [2.05, 4.69) is 76.7 Å². The summed E-state index contributed by atoms with van der Waals surface area (Å²) < 4.78 is 4.94. The van der Waals surface area contributed by atoms with Gasteiger partial charge in [-0.25, -0.2) is 4.57 Å². The van der Waals surface area contributed by atoms with Crippen LogP contribution in [0.15, 0.2) is 60.7 Å². The first kappa shape index (κ1) is 18.7. The van der Waals surface area contributed by atoms with Crippen LogP contribution in [-0.4, -0.2) is 4.57 Å². The molecule has 7 rings (SSSR count). The van der Waals surface area contributed by atoms with E-state index in [4.69, 9.17) is 11.6 Å². The second-order valence-corrected chi connectivity index (χ2v) is 9.99. The lowest BCUT2D eigenvalue weighted by molar-refractivity contribution is -0.467. The summed E-state index contributed by atoms with van der Waals surface area (Å²) in [6, 6.07) is 22.2. The fourth-order valence-corrected chi connectivity index (χ4v) is 6.77. The molecule has 3 heteroatoms. The number of fused-ring (bicyclic) bond motifs is 3. The van der Waals surface area contributed by atoms with Crippen LogP contribution in [0, 0.1) is 0 Å². The number of benzene rings is 3. The highest BCUT2D eigenvalue weighted by Crippen LogP contribution is 2.44. The summed E-state index contributed by atoms with van der Waals surface area (Å²) in [7, 11) is 2.23. The van der Waals surface area contributed by atoms with Crippen LogP contribution < -0.4 is 4.40 Å². The van der Waals surface area contributed by atoms with E-state index in [0.29, 0.717) is 5.92 Å². The number of nitrogens with zero attached hydrogens (tertiary/aromatic N) is 2. The molecule has 158 valence electrons. The van der Waals surface area contributed by atoms with Crippen LogP contribution in [0.5, 0.6) is 0 Å². The van der Waals surface area contributed by atoms with Crippen LogP contribution in [0.3, 0.4) is 0 Å². The first-order chi connectivity index (χ1) is 15.7. The highest BCUT2D eigenvalue weighted by molar-refractivity contribution is 6.33. The summed E-state index contributed by atoms with van der Waals surface area (Å²) in [6.07, 6.45) is 7.51. The molecule has 0 spiro atoms. The number of aromatic nitrogens is 2. The Morgan fingerprint density at radius 1 is 0.875 bits per heavy atom.